The number of aromatic nitrogens is 2. The van der Waals surface area contributed by atoms with Crippen molar-refractivity contribution < 1.29 is 25.9 Å². The summed E-state index contributed by atoms with van der Waals surface area (Å²) in [4.78, 5) is 19.6. The van der Waals surface area contributed by atoms with Crippen molar-refractivity contribution in [2.45, 2.75) is 32.1 Å². The Kier molecular flexibility index (Phi) is 5.27. The molecule has 2 aliphatic heterocycles. The van der Waals surface area contributed by atoms with E-state index >= 15 is 0 Å². The van der Waals surface area contributed by atoms with Crippen molar-refractivity contribution in [3.8, 4) is 0 Å². The first kappa shape index (κ1) is 18.5. The molecule has 3 heterocycles. The van der Waals surface area contributed by atoms with Gasteiger partial charge in [-0.15, -0.1) is 0 Å². The molecule has 27 heavy (non-hydrogen) atoms. The average molecular weight is 482 g/mol. The summed E-state index contributed by atoms with van der Waals surface area (Å²) in [7, 11) is 1.80. The number of hydrogen-bond donors (Lipinski definition) is 2. The number of nitrogens with one attached hydrogen (secondary N) is 2. The number of anilines is 2. The Morgan fingerprint density at radius 2 is 2.11 bits per heavy atom. The molecule has 2 N–H and O–H groups in total. The van der Waals surface area contributed by atoms with E-state index in [4.69, 9.17) is 4.74 Å². The van der Waals surface area contributed by atoms with Gasteiger partial charge in [0.1, 0.15) is 0 Å². The van der Waals surface area contributed by atoms with E-state index in [2.05, 4.69) is 45.7 Å². The zero-order chi connectivity index (χ0) is 19.0. The van der Waals surface area contributed by atoms with Crippen LogP contribution in [-0.4, -0.2) is 39.8 Å². The second-order valence-corrected chi connectivity index (χ2v) is 9.23. The molecule has 0 bridgehead atoms. The minimum absolute atomic E-state index is 0.00101. The van der Waals surface area contributed by atoms with Gasteiger partial charge in [0.05, 0.1) is 0 Å². The van der Waals surface area contributed by atoms with E-state index < -0.39 is 0 Å². The fourth-order valence-corrected chi connectivity index (χ4v) is 4.97. The average Bonchev–Trinajstić information content (AvgIpc) is 2.94. The molecule has 0 aliphatic carbocycles. The number of hydrogen-bond acceptors (Lipinski definition) is 5. The summed E-state index contributed by atoms with van der Waals surface area (Å²) >= 11 is 0.0864. The number of imidazole rings is 1. The molecule has 0 spiro atoms. The molecule has 1 atom stereocenters. The number of ether oxygens (including phenoxy) is 1. The maximum absolute atomic E-state index is 12.8. The van der Waals surface area contributed by atoms with Gasteiger partial charge in [-0.1, -0.05) is 0 Å². The van der Waals surface area contributed by atoms with E-state index in [1.807, 2.05) is 4.57 Å². The maximum atomic E-state index is 12.8. The normalized spacial score (nSPS) is 19.7. The molecular formula is C19H25IN5O2-. The zero-order valence-corrected chi connectivity index (χ0v) is 18.0. The van der Waals surface area contributed by atoms with Gasteiger partial charge in [0.2, 0.25) is 0 Å². The standard InChI is InChI=1S/C19H25IN5O2/c1-12-10-13(20-2)4-5-15(12)22-18-21-11-16-17(23-18)25(19(26)24(16)3)14-6-8-27-9-7-14/h4-5,10-11,14,18,22-23H,6-9H2,1-3H3/q-1. The summed E-state index contributed by atoms with van der Waals surface area (Å²) in [5, 5.41) is 6.88. The fraction of sp³-hybridized carbons (Fsp3) is 0.474. The Morgan fingerprint density at radius 1 is 1.33 bits per heavy atom. The third-order valence-corrected chi connectivity index (χ3v) is 7.13. The SMILES string of the molecule is C[I-]c1ccc(NC2N=Cc3c(n(C4CCOCC4)c(=O)n3C)N2)c(C)c1. The fourth-order valence-electron chi connectivity index (χ4n) is 3.66. The monoisotopic (exact) mass is 482 g/mol. The van der Waals surface area contributed by atoms with Crippen molar-refractivity contribution in [3.05, 3.63) is 43.5 Å². The Hall–Kier alpha value is -1.81. The third-order valence-electron chi connectivity index (χ3n) is 5.21. The first-order chi connectivity index (χ1) is 13.1. The molecule has 1 unspecified atom stereocenters. The van der Waals surface area contributed by atoms with Gasteiger partial charge in [0.15, 0.2) is 0 Å². The summed E-state index contributed by atoms with van der Waals surface area (Å²) < 4.78 is 10.4. The van der Waals surface area contributed by atoms with E-state index in [9.17, 15) is 4.79 Å². The molecule has 1 aromatic carbocycles. The van der Waals surface area contributed by atoms with Gasteiger partial charge in [0.25, 0.3) is 0 Å². The molecule has 1 saturated heterocycles. The first-order valence-electron chi connectivity index (χ1n) is 9.14. The van der Waals surface area contributed by atoms with E-state index in [-0.39, 0.29) is 39.2 Å². The number of aryl methyl sites for hydroxylation is 1. The van der Waals surface area contributed by atoms with Crippen molar-refractivity contribution in [3.63, 3.8) is 0 Å². The summed E-state index contributed by atoms with van der Waals surface area (Å²) in [5.74, 6) is 0.843. The minimum atomic E-state index is -0.300. The molecule has 1 fully saturated rings. The van der Waals surface area contributed by atoms with Crippen LogP contribution >= 0.6 is 0 Å². The number of halogens is 1. The van der Waals surface area contributed by atoms with E-state index in [1.54, 1.807) is 17.8 Å². The van der Waals surface area contributed by atoms with Crippen LogP contribution in [-0.2, 0) is 11.8 Å². The van der Waals surface area contributed by atoms with Crippen molar-refractivity contribution in [1.29, 1.82) is 0 Å². The van der Waals surface area contributed by atoms with Gasteiger partial charge in [-0.2, -0.15) is 0 Å². The number of fused-ring (bicyclic) bond motifs is 1. The molecule has 0 radical (unpaired) electrons. The van der Waals surface area contributed by atoms with Gasteiger partial charge in [-0.3, -0.25) is 0 Å². The van der Waals surface area contributed by atoms with Crippen LogP contribution in [0.1, 0.15) is 30.1 Å². The van der Waals surface area contributed by atoms with Gasteiger partial charge in [-0.05, 0) is 0 Å². The topological polar surface area (TPSA) is 72.6 Å². The van der Waals surface area contributed by atoms with Crippen LogP contribution in [0, 0.1) is 10.5 Å². The van der Waals surface area contributed by atoms with Gasteiger partial charge >= 0.3 is 164 Å². The van der Waals surface area contributed by atoms with Crippen LogP contribution in [0.4, 0.5) is 11.5 Å². The van der Waals surface area contributed by atoms with Gasteiger partial charge in [0, 0.05) is 0 Å². The molecule has 2 aromatic rings. The van der Waals surface area contributed by atoms with Crippen LogP contribution < -0.4 is 37.5 Å². The van der Waals surface area contributed by atoms with E-state index in [1.165, 1.54) is 9.13 Å². The molecule has 0 amide bonds. The number of aliphatic imine (C=N–C) groups is 1. The Bertz CT molecular complexity index is 927. The Morgan fingerprint density at radius 3 is 2.81 bits per heavy atom. The van der Waals surface area contributed by atoms with Crippen LogP contribution in [0.5, 0.6) is 0 Å². The van der Waals surface area contributed by atoms with Crippen molar-refractivity contribution in [2.75, 3.05) is 28.8 Å². The summed E-state index contributed by atoms with van der Waals surface area (Å²) in [6.45, 7) is 3.51. The molecule has 1 aromatic heterocycles. The zero-order valence-electron chi connectivity index (χ0n) is 15.8. The quantitative estimate of drug-likeness (QED) is 0.433. The third kappa shape index (κ3) is 3.52. The molecule has 2 aliphatic rings. The Labute approximate surface area is 169 Å². The van der Waals surface area contributed by atoms with Crippen LogP contribution in [0.15, 0.2) is 28.0 Å². The summed E-state index contributed by atoms with van der Waals surface area (Å²) in [6, 6.07) is 6.71. The molecule has 0 saturated carbocycles. The predicted molar refractivity (Wildman–Crippen MR) is 103 cm³/mol. The van der Waals surface area contributed by atoms with Gasteiger partial charge < -0.3 is 4.74 Å². The first-order valence-corrected chi connectivity index (χ1v) is 12.4. The second-order valence-electron chi connectivity index (χ2n) is 6.91. The predicted octanol–water partition coefficient (Wildman–Crippen LogP) is -1.02. The summed E-state index contributed by atoms with van der Waals surface area (Å²) in [5.41, 5.74) is 3.10. The second kappa shape index (κ2) is 7.67. The molecule has 4 rings (SSSR count). The molecule has 7 nitrogen and oxygen atoms in total. The van der Waals surface area contributed by atoms with Crippen molar-refractivity contribution in [1.82, 2.24) is 9.13 Å². The van der Waals surface area contributed by atoms with Gasteiger partial charge in [-0.25, -0.2) is 0 Å². The van der Waals surface area contributed by atoms with Crippen LogP contribution in [0.2, 0.25) is 0 Å². The number of nitrogens with zero attached hydrogens (tertiary/aromatic N) is 3. The van der Waals surface area contributed by atoms with Crippen LogP contribution in [0.3, 0.4) is 0 Å². The molecular weight excluding hydrogens is 457 g/mol. The number of benzene rings is 1. The van der Waals surface area contributed by atoms with E-state index in [0.29, 0.717) is 13.2 Å². The van der Waals surface area contributed by atoms with Crippen molar-refractivity contribution >= 4 is 17.7 Å². The van der Waals surface area contributed by atoms with Crippen molar-refractivity contribution in [2.24, 2.45) is 12.0 Å². The summed E-state index contributed by atoms with van der Waals surface area (Å²) in [6.07, 6.45) is 3.20. The number of alkyl halides is 1. The molecule has 146 valence electrons. The number of rotatable bonds is 4. The molecule has 8 heteroatoms. The van der Waals surface area contributed by atoms with Crippen LogP contribution in [0.25, 0.3) is 0 Å². The van der Waals surface area contributed by atoms with E-state index in [0.717, 1.165) is 30.0 Å². The Balaban J connectivity index is 1.61.